The van der Waals surface area contributed by atoms with Crippen molar-refractivity contribution in [1.29, 1.82) is 5.26 Å². The van der Waals surface area contributed by atoms with E-state index >= 15 is 0 Å². The minimum absolute atomic E-state index is 0.0348. The average Bonchev–Trinajstić information content (AvgIpc) is 2.57. The SMILES string of the molecule is N#CC1CCCCC1Oc1ccc(-c2ccccc2)cc1. The third-order valence-electron chi connectivity index (χ3n) is 4.12. The lowest BCUT2D eigenvalue weighted by molar-refractivity contribution is 0.120. The van der Waals surface area contributed by atoms with Crippen molar-refractivity contribution in [2.45, 2.75) is 31.8 Å². The lowest BCUT2D eigenvalue weighted by Gasteiger charge is -2.27. The van der Waals surface area contributed by atoms with E-state index in [1.165, 1.54) is 11.1 Å². The van der Waals surface area contributed by atoms with E-state index in [-0.39, 0.29) is 12.0 Å². The molecule has 0 amide bonds. The standard InChI is InChI=1S/C19H19NO/c20-14-17-8-4-5-9-19(17)21-18-12-10-16(11-13-18)15-6-2-1-3-7-15/h1-3,6-7,10-13,17,19H,4-5,8-9H2. The Balaban J connectivity index is 1.71. The molecule has 0 aromatic heterocycles. The predicted molar refractivity (Wildman–Crippen MR) is 83.9 cm³/mol. The Labute approximate surface area is 126 Å². The number of rotatable bonds is 3. The van der Waals surface area contributed by atoms with Gasteiger partial charge in [0.2, 0.25) is 0 Å². The van der Waals surface area contributed by atoms with Crippen molar-refractivity contribution < 1.29 is 4.74 Å². The molecule has 0 radical (unpaired) electrons. The minimum atomic E-state index is 0.0348. The van der Waals surface area contributed by atoms with Gasteiger partial charge in [-0.25, -0.2) is 0 Å². The Bertz CT molecular complexity index is 612. The van der Waals surface area contributed by atoms with Crippen molar-refractivity contribution in [3.63, 3.8) is 0 Å². The second-order valence-corrected chi connectivity index (χ2v) is 5.57. The number of benzene rings is 2. The van der Waals surface area contributed by atoms with Crippen LogP contribution >= 0.6 is 0 Å². The van der Waals surface area contributed by atoms with Gasteiger partial charge in [0.1, 0.15) is 11.9 Å². The zero-order chi connectivity index (χ0) is 14.5. The molecule has 0 aliphatic heterocycles. The number of nitriles is 1. The molecule has 2 heteroatoms. The Morgan fingerprint density at radius 3 is 2.24 bits per heavy atom. The van der Waals surface area contributed by atoms with E-state index < -0.39 is 0 Å². The van der Waals surface area contributed by atoms with Crippen LogP contribution in [0.25, 0.3) is 11.1 Å². The fourth-order valence-corrected chi connectivity index (χ4v) is 2.92. The van der Waals surface area contributed by atoms with Gasteiger partial charge in [0, 0.05) is 0 Å². The molecule has 21 heavy (non-hydrogen) atoms. The summed E-state index contributed by atoms with van der Waals surface area (Å²) in [7, 11) is 0. The van der Waals surface area contributed by atoms with Crippen LogP contribution in [0.3, 0.4) is 0 Å². The van der Waals surface area contributed by atoms with E-state index in [9.17, 15) is 5.26 Å². The number of hydrogen-bond acceptors (Lipinski definition) is 2. The molecule has 1 aliphatic rings. The summed E-state index contributed by atoms with van der Waals surface area (Å²) in [5, 5.41) is 9.20. The van der Waals surface area contributed by atoms with Gasteiger partial charge in [-0.15, -0.1) is 0 Å². The van der Waals surface area contributed by atoms with E-state index in [0.717, 1.165) is 31.4 Å². The molecular formula is C19H19NO. The zero-order valence-electron chi connectivity index (χ0n) is 12.0. The summed E-state index contributed by atoms with van der Waals surface area (Å²) in [6.45, 7) is 0. The molecule has 0 bridgehead atoms. The lowest BCUT2D eigenvalue weighted by atomic mass is 9.87. The van der Waals surface area contributed by atoms with Crippen molar-refractivity contribution in [2.24, 2.45) is 5.92 Å². The average molecular weight is 277 g/mol. The van der Waals surface area contributed by atoms with Crippen LogP contribution in [0.1, 0.15) is 25.7 Å². The zero-order valence-corrected chi connectivity index (χ0v) is 12.0. The fraction of sp³-hybridized carbons (Fsp3) is 0.316. The molecule has 106 valence electrons. The molecule has 2 aromatic rings. The topological polar surface area (TPSA) is 33.0 Å². The van der Waals surface area contributed by atoms with Gasteiger partial charge in [-0.05, 0) is 42.5 Å². The smallest absolute Gasteiger partial charge is 0.119 e. The highest BCUT2D eigenvalue weighted by molar-refractivity contribution is 5.63. The first-order valence-electron chi connectivity index (χ1n) is 7.58. The molecule has 2 atom stereocenters. The highest BCUT2D eigenvalue weighted by Gasteiger charge is 2.26. The predicted octanol–water partition coefficient (Wildman–Crippen LogP) is 4.81. The molecule has 0 saturated heterocycles. The maximum Gasteiger partial charge on any atom is 0.119 e. The van der Waals surface area contributed by atoms with E-state index in [0.29, 0.717) is 0 Å². The fourth-order valence-electron chi connectivity index (χ4n) is 2.92. The summed E-state index contributed by atoms with van der Waals surface area (Å²) in [5.41, 5.74) is 2.39. The molecule has 2 aromatic carbocycles. The summed E-state index contributed by atoms with van der Waals surface area (Å²) in [4.78, 5) is 0. The Morgan fingerprint density at radius 2 is 1.52 bits per heavy atom. The van der Waals surface area contributed by atoms with Crippen LogP contribution in [0.2, 0.25) is 0 Å². The van der Waals surface area contributed by atoms with Crippen LogP contribution in [0.15, 0.2) is 54.6 Å². The Morgan fingerprint density at radius 1 is 0.857 bits per heavy atom. The van der Waals surface area contributed by atoms with Gasteiger partial charge < -0.3 is 4.74 Å². The second kappa shape index (κ2) is 6.45. The monoisotopic (exact) mass is 277 g/mol. The molecule has 3 rings (SSSR count). The van der Waals surface area contributed by atoms with Gasteiger partial charge in [-0.2, -0.15) is 5.26 Å². The van der Waals surface area contributed by atoms with Crippen molar-refractivity contribution in [2.75, 3.05) is 0 Å². The van der Waals surface area contributed by atoms with E-state index in [1.807, 2.05) is 30.3 Å². The third-order valence-corrected chi connectivity index (χ3v) is 4.12. The van der Waals surface area contributed by atoms with Crippen molar-refractivity contribution in [3.8, 4) is 22.9 Å². The lowest BCUT2D eigenvalue weighted by Crippen LogP contribution is -2.29. The van der Waals surface area contributed by atoms with Gasteiger partial charge in [0.25, 0.3) is 0 Å². The Hall–Kier alpha value is -2.27. The molecule has 0 heterocycles. The third kappa shape index (κ3) is 3.25. The normalized spacial score (nSPS) is 21.5. The van der Waals surface area contributed by atoms with Gasteiger partial charge in [-0.1, -0.05) is 48.9 Å². The van der Waals surface area contributed by atoms with E-state index in [2.05, 4.69) is 30.3 Å². The van der Waals surface area contributed by atoms with Crippen molar-refractivity contribution in [1.82, 2.24) is 0 Å². The van der Waals surface area contributed by atoms with Crippen LogP contribution in [0, 0.1) is 17.2 Å². The van der Waals surface area contributed by atoms with Crippen LogP contribution in [-0.2, 0) is 0 Å². The molecule has 1 saturated carbocycles. The van der Waals surface area contributed by atoms with Crippen LogP contribution < -0.4 is 4.74 Å². The summed E-state index contributed by atoms with van der Waals surface area (Å²) in [5.74, 6) is 0.898. The van der Waals surface area contributed by atoms with Gasteiger partial charge >= 0.3 is 0 Å². The van der Waals surface area contributed by atoms with E-state index in [4.69, 9.17) is 4.74 Å². The van der Waals surface area contributed by atoms with Gasteiger partial charge in [-0.3, -0.25) is 0 Å². The molecule has 2 unspecified atom stereocenters. The van der Waals surface area contributed by atoms with Gasteiger partial charge in [0.15, 0.2) is 0 Å². The summed E-state index contributed by atoms with van der Waals surface area (Å²) >= 11 is 0. The first kappa shape index (κ1) is 13.7. The summed E-state index contributed by atoms with van der Waals surface area (Å²) in [6.07, 6.45) is 4.30. The number of ether oxygens (including phenoxy) is 1. The highest BCUT2D eigenvalue weighted by atomic mass is 16.5. The van der Waals surface area contributed by atoms with Crippen molar-refractivity contribution >= 4 is 0 Å². The Kier molecular flexibility index (Phi) is 4.21. The molecule has 0 spiro atoms. The van der Waals surface area contributed by atoms with E-state index in [1.54, 1.807) is 0 Å². The quantitative estimate of drug-likeness (QED) is 0.806. The maximum atomic E-state index is 9.20. The maximum absolute atomic E-state index is 9.20. The van der Waals surface area contributed by atoms with Crippen LogP contribution in [-0.4, -0.2) is 6.10 Å². The van der Waals surface area contributed by atoms with Gasteiger partial charge in [0.05, 0.1) is 12.0 Å². The summed E-state index contributed by atoms with van der Waals surface area (Å²) in [6, 6.07) is 20.9. The molecular weight excluding hydrogens is 258 g/mol. The first-order valence-corrected chi connectivity index (χ1v) is 7.58. The minimum Gasteiger partial charge on any atom is -0.489 e. The van der Waals surface area contributed by atoms with Crippen LogP contribution in [0.4, 0.5) is 0 Å². The highest BCUT2D eigenvalue weighted by Crippen LogP contribution is 2.29. The number of nitrogens with zero attached hydrogens (tertiary/aromatic N) is 1. The molecule has 0 N–H and O–H groups in total. The van der Waals surface area contributed by atoms with Crippen LogP contribution in [0.5, 0.6) is 5.75 Å². The largest absolute Gasteiger partial charge is 0.489 e. The molecule has 1 fully saturated rings. The second-order valence-electron chi connectivity index (χ2n) is 5.57. The van der Waals surface area contributed by atoms with Crippen molar-refractivity contribution in [3.05, 3.63) is 54.6 Å². The molecule has 1 aliphatic carbocycles. The summed E-state index contributed by atoms with van der Waals surface area (Å²) < 4.78 is 6.03. The number of hydrogen-bond donors (Lipinski definition) is 0. The molecule has 2 nitrogen and oxygen atoms in total. The first-order chi connectivity index (χ1) is 10.4.